The molecule has 1 saturated carbocycles. The number of fused-ring (bicyclic) bond motifs is 1. The summed E-state index contributed by atoms with van der Waals surface area (Å²) in [6.45, 7) is 3.76. The van der Waals surface area contributed by atoms with Crippen LogP contribution in [0, 0.1) is 17.3 Å². The third-order valence-corrected chi connectivity index (χ3v) is 9.05. The summed E-state index contributed by atoms with van der Waals surface area (Å²) in [6, 6.07) is -1.83. The second-order valence-electron chi connectivity index (χ2n) is 10.0. The van der Waals surface area contributed by atoms with Gasteiger partial charge in [-0.1, -0.05) is 6.92 Å². The number of carboxylic acid groups (broad SMARTS) is 1. The first-order valence-electron chi connectivity index (χ1n) is 11.5. The molecular formula is C22H29F3N4O5S. The molecule has 3 N–H and O–H groups in total. The molecule has 0 aromatic heterocycles. The average molecular weight is 519 g/mol. The van der Waals surface area contributed by atoms with E-state index in [9.17, 15) is 37.5 Å². The Bertz CT molecular complexity index is 996. The minimum absolute atomic E-state index is 0.0732. The molecule has 35 heavy (non-hydrogen) atoms. The average Bonchev–Trinajstić information content (AvgIpc) is 3.40. The second-order valence-corrected chi connectivity index (χ2v) is 11.4. The molecule has 13 heteroatoms. The Morgan fingerprint density at radius 2 is 1.91 bits per heavy atom. The number of carbonyl (C=O) groups excluding carboxylic acids is 3. The molecule has 1 unspecified atom stereocenters. The lowest BCUT2D eigenvalue weighted by atomic mass is 9.78. The van der Waals surface area contributed by atoms with E-state index in [4.69, 9.17) is 0 Å². The zero-order valence-corrected chi connectivity index (χ0v) is 20.6. The van der Waals surface area contributed by atoms with Crippen LogP contribution in [-0.4, -0.2) is 88.8 Å². The lowest BCUT2D eigenvalue weighted by molar-refractivity contribution is -0.193. The summed E-state index contributed by atoms with van der Waals surface area (Å²) in [4.78, 5) is 52.9. The van der Waals surface area contributed by atoms with Crippen LogP contribution < -0.4 is 10.6 Å². The van der Waals surface area contributed by atoms with Crippen molar-refractivity contribution in [2.24, 2.45) is 17.3 Å². The molecule has 9 nitrogen and oxygen atoms in total. The molecule has 0 aromatic rings. The number of rotatable bonds is 7. The van der Waals surface area contributed by atoms with Crippen LogP contribution in [0.4, 0.5) is 13.2 Å². The van der Waals surface area contributed by atoms with E-state index in [0.29, 0.717) is 17.9 Å². The van der Waals surface area contributed by atoms with Crippen molar-refractivity contribution in [3.63, 3.8) is 0 Å². The Hall–Kier alpha value is -2.28. The molecule has 0 aromatic carbocycles. The number of carbonyl (C=O) groups is 4. The minimum atomic E-state index is -4.66. The molecule has 1 aliphatic carbocycles. The quantitative estimate of drug-likeness (QED) is 0.433. The number of β-lactam (4-membered cyclic amide) rings is 1. The number of likely N-dealkylation sites (N-methyl/N-ethyl adjacent to an activating group) is 1. The summed E-state index contributed by atoms with van der Waals surface area (Å²) >= 11 is 1.32. The Morgan fingerprint density at radius 1 is 1.29 bits per heavy atom. The molecule has 3 aliphatic heterocycles. The van der Waals surface area contributed by atoms with Gasteiger partial charge in [0.1, 0.15) is 11.1 Å². The highest BCUT2D eigenvalue weighted by Crippen LogP contribution is 2.58. The summed E-state index contributed by atoms with van der Waals surface area (Å²) in [6.07, 6.45) is -4.72. The number of aliphatic carboxylic acids is 1. The van der Waals surface area contributed by atoms with Crippen LogP contribution in [-0.2, 0) is 19.2 Å². The zero-order chi connectivity index (χ0) is 26.0. The van der Waals surface area contributed by atoms with Gasteiger partial charge in [0.15, 0.2) is 0 Å². The van der Waals surface area contributed by atoms with Gasteiger partial charge in [0.2, 0.25) is 17.7 Å². The molecule has 6 atom stereocenters. The van der Waals surface area contributed by atoms with Gasteiger partial charge >= 0.3 is 12.1 Å². The van der Waals surface area contributed by atoms with Gasteiger partial charge in [0.05, 0.1) is 18.0 Å². The van der Waals surface area contributed by atoms with Gasteiger partial charge < -0.3 is 25.5 Å². The largest absolute Gasteiger partial charge is 0.477 e. The standard InChI is InChI=1S/C22H29F3N4O5S/c1-9-14-13(10(2)27-20(34)21(5-6-21)22(23,24)25)18(31)29(14)15(19(32)33)16(9)35-11-7-12(26-8-11)17(30)28(3)4/h9-14,26H,5-8H2,1-4H3,(H,27,34)(H,32,33)/t9-,10?,11+,12+,13-,14-/m1/s1. The molecule has 3 fully saturated rings. The van der Waals surface area contributed by atoms with Crippen LogP contribution in [0.3, 0.4) is 0 Å². The van der Waals surface area contributed by atoms with Crippen LogP contribution in [0.15, 0.2) is 10.6 Å². The van der Waals surface area contributed by atoms with E-state index >= 15 is 0 Å². The first-order valence-corrected chi connectivity index (χ1v) is 12.4. The molecule has 0 radical (unpaired) electrons. The van der Waals surface area contributed by atoms with Crippen LogP contribution >= 0.6 is 11.8 Å². The van der Waals surface area contributed by atoms with E-state index in [2.05, 4.69) is 10.6 Å². The fourth-order valence-electron chi connectivity index (χ4n) is 5.37. The van der Waals surface area contributed by atoms with Gasteiger partial charge in [-0.2, -0.15) is 13.2 Å². The predicted molar refractivity (Wildman–Crippen MR) is 120 cm³/mol. The van der Waals surface area contributed by atoms with E-state index in [1.807, 2.05) is 0 Å². The highest BCUT2D eigenvalue weighted by atomic mass is 32.2. The van der Waals surface area contributed by atoms with Gasteiger partial charge in [-0.15, -0.1) is 11.8 Å². The summed E-state index contributed by atoms with van der Waals surface area (Å²) in [7, 11) is 3.32. The lowest BCUT2D eigenvalue weighted by Gasteiger charge is -2.47. The molecule has 3 heterocycles. The molecule has 2 saturated heterocycles. The van der Waals surface area contributed by atoms with Crippen LogP contribution in [0.1, 0.15) is 33.1 Å². The van der Waals surface area contributed by atoms with E-state index in [1.54, 1.807) is 21.0 Å². The van der Waals surface area contributed by atoms with Crippen molar-refractivity contribution in [1.29, 1.82) is 0 Å². The molecule has 4 rings (SSSR count). The maximum absolute atomic E-state index is 13.3. The minimum Gasteiger partial charge on any atom is -0.477 e. The summed E-state index contributed by atoms with van der Waals surface area (Å²) in [5, 5.41) is 15.3. The van der Waals surface area contributed by atoms with Crippen molar-refractivity contribution in [1.82, 2.24) is 20.4 Å². The number of hydrogen-bond donors (Lipinski definition) is 3. The third-order valence-electron chi connectivity index (χ3n) is 7.54. The smallest absolute Gasteiger partial charge is 0.403 e. The maximum atomic E-state index is 13.3. The summed E-state index contributed by atoms with van der Waals surface area (Å²) in [5.74, 6) is -4.19. The molecule has 0 bridgehead atoms. The Kier molecular flexibility index (Phi) is 6.40. The fraction of sp³-hybridized carbons (Fsp3) is 0.727. The molecular weight excluding hydrogens is 489 g/mol. The van der Waals surface area contributed by atoms with Crippen LogP contribution in [0.5, 0.6) is 0 Å². The van der Waals surface area contributed by atoms with Gasteiger partial charge in [0, 0.05) is 42.8 Å². The van der Waals surface area contributed by atoms with E-state index in [0.717, 1.165) is 0 Å². The van der Waals surface area contributed by atoms with E-state index < -0.39 is 47.4 Å². The van der Waals surface area contributed by atoms with E-state index in [1.165, 1.54) is 28.5 Å². The number of nitrogens with zero attached hydrogens (tertiary/aromatic N) is 2. The van der Waals surface area contributed by atoms with Gasteiger partial charge in [-0.25, -0.2) is 4.79 Å². The van der Waals surface area contributed by atoms with Crippen molar-refractivity contribution in [2.75, 3.05) is 20.6 Å². The van der Waals surface area contributed by atoms with Crippen molar-refractivity contribution in [2.45, 2.75) is 62.7 Å². The summed E-state index contributed by atoms with van der Waals surface area (Å²) < 4.78 is 39.9. The second kappa shape index (κ2) is 8.68. The monoisotopic (exact) mass is 518 g/mol. The fourth-order valence-corrected chi connectivity index (χ4v) is 6.85. The number of thioether (sulfide) groups is 1. The Morgan fingerprint density at radius 3 is 2.43 bits per heavy atom. The molecule has 3 amide bonds. The van der Waals surface area contributed by atoms with Crippen molar-refractivity contribution in [3.8, 4) is 0 Å². The highest BCUT2D eigenvalue weighted by molar-refractivity contribution is 8.03. The zero-order valence-electron chi connectivity index (χ0n) is 19.8. The number of amides is 3. The Labute approximate surface area is 204 Å². The van der Waals surface area contributed by atoms with E-state index in [-0.39, 0.29) is 41.7 Å². The molecule has 0 spiro atoms. The van der Waals surface area contributed by atoms with Gasteiger partial charge in [0.25, 0.3) is 0 Å². The van der Waals surface area contributed by atoms with Crippen molar-refractivity contribution < 1.29 is 37.5 Å². The normalized spacial score (nSPS) is 32.1. The number of carboxylic acids is 1. The van der Waals surface area contributed by atoms with Crippen LogP contribution in [0.2, 0.25) is 0 Å². The number of halogens is 3. The number of hydrogen-bond acceptors (Lipinski definition) is 6. The molecule has 4 aliphatic rings. The topological polar surface area (TPSA) is 119 Å². The van der Waals surface area contributed by atoms with Gasteiger partial charge in [-0.3, -0.25) is 14.4 Å². The maximum Gasteiger partial charge on any atom is 0.403 e. The SMILES string of the molecule is CC(NC(=O)C1(C(F)(F)F)CC1)[C@H]1C(=O)N2C(C(=O)O)=C(S[C@@H]3CN[C@H](C(=O)N(C)C)C3)[C@H](C)[C@H]12. The number of alkyl halides is 3. The number of nitrogens with one attached hydrogen (secondary N) is 2. The first-order chi connectivity index (χ1) is 16.2. The highest BCUT2D eigenvalue weighted by Gasteiger charge is 2.69. The van der Waals surface area contributed by atoms with Crippen molar-refractivity contribution in [3.05, 3.63) is 10.6 Å². The molecule has 194 valence electrons. The first kappa shape index (κ1) is 25.8. The predicted octanol–water partition coefficient (Wildman–Crippen LogP) is 1.16. The Balaban J connectivity index is 1.47. The van der Waals surface area contributed by atoms with Crippen LogP contribution in [0.25, 0.3) is 0 Å². The third kappa shape index (κ3) is 4.09. The van der Waals surface area contributed by atoms with Gasteiger partial charge in [-0.05, 0) is 26.2 Å². The van der Waals surface area contributed by atoms with Crippen molar-refractivity contribution >= 4 is 35.5 Å². The summed E-state index contributed by atoms with van der Waals surface area (Å²) in [5.41, 5.74) is -2.51. The lowest BCUT2D eigenvalue weighted by Crippen LogP contribution is -2.66.